The molecule has 6 nitrogen and oxygen atoms in total. The summed E-state index contributed by atoms with van der Waals surface area (Å²) in [6.07, 6.45) is 0.968. The van der Waals surface area contributed by atoms with E-state index in [0.29, 0.717) is 18.1 Å². The molecule has 108 valence electrons. The smallest absolute Gasteiger partial charge is 0.271 e. The molecule has 1 aliphatic heterocycles. The Morgan fingerprint density at radius 1 is 1.29 bits per heavy atom. The Bertz CT molecular complexity index is 617. The molecule has 1 amide bonds. The van der Waals surface area contributed by atoms with Crippen molar-refractivity contribution in [1.29, 1.82) is 0 Å². The molecule has 2 heterocycles. The van der Waals surface area contributed by atoms with E-state index in [2.05, 4.69) is 26.9 Å². The molecule has 0 spiro atoms. The largest absolute Gasteiger partial charge is 0.488 e. The van der Waals surface area contributed by atoms with Crippen LogP contribution in [0.4, 0.5) is 5.82 Å². The van der Waals surface area contributed by atoms with Crippen molar-refractivity contribution in [1.82, 2.24) is 15.5 Å². The van der Waals surface area contributed by atoms with Gasteiger partial charge in [-0.05, 0) is 23.8 Å². The quantitative estimate of drug-likeness (QED) is 0.883. The van der Waals surface area contributed by atoms with Gasteiger partial charge in [0.15, 0.2) is 5.69 Å². The van der Waals surface area contributed by atoms with Gasteiger partial charge in [0, 0.05) is 13.5 Å². The molecule has 1 atom stereocenters. The third-order valence-electron chi connectivity index (χ3n) is 3.35. The third kappa shape index (κ3) is 2.94. The number of fused-ring (bicyclic) bond motifs is 1. The summed E-state index contributed by atoms with van der Waals surface area (Å²) in [6.45, 7) is 0.642. The van der Waals surface area contributed by atoms with Gasteiger partial charge in [0.05, 0.1) is 6.54 Å². The lowest BCUT2D eigenvalue weighted by Crippen LogP contribution is -2.25. The van der Waals surface area contributed by atoms with Gasteiger partial charge >= 0.3 is 0 Å². The number of aromatic nitrogens is 2. The fourth-order valence-electron chi connectivity index (χ4n) is 2.26. The van der Waals surface area contributed by atoms with Crippen molar-refractivity contribution < 1.29 is 9.53 Å². The molecule has 21 heavy (non-hydrogen) atoms. The summed E-state index contributed by atoms with van der Waals surface area (Å²) in [4.78, 5) is 11.4. The Morgan fingerprint density at radius 3 is 2.86 bits per heavy atom. The first kappa shape index (κ1) is 13.4. The second kappa shape index (κ2) is 5.78. The van der Waals surface area contributed by atoms with Gasteiger partial charge in [-0.15, -0.1) is 10.2 Å². The lowest BCUT2D eigenvalue weighted by atomic mass is 10.1. The van der Waals surface area contributed by atoms with Gasteiger partial charge in [-0.25, -0.2) is 0 Å². The number of benzene rings is 1. The molecule has 1 aromatic carbocycles. The molecule has 0 saturated carbocycles. The standard InChI is InChI=1S/C15H16N4O2/c1-16-15(20)12-6-7-14(19-18-12)17-9-11-8-10-4-2-3-5-13(10)21-11/h2-7,11H,8-9H2,1H3,(H,16,20)(H,17,19). The van der Waals surface area contributed by atoms with Crippen molar-refractivity contribution in [2.75, 3.05) is 18.9 Å². The van der Waals surface area contributed by atoms with E-state index in [1.54, 1.807) is 19.2 Å². The van der Waals surface area contributed by atoms with E-state index in [4.69, 9.17) is 4.74 Å². The minimum absolute atomic E-state index is 0.0859. The van der Waals surface area contributed by atoms with Crippen LogP contribution in [-0.4, -0.2) is 35.8 Å². The van der Waals surface area contributed by atoms with E-state index in [-0.39, 0.29) is 12.0 Å². The van der Waals surface area contributed by atoms with Crippen molar-refractivity contribution in [3.05, 3.63) is 47.7 Å². The van der Waals surface area contributed by atoms with Crippen LogP contribution < -0.4 is 15.4 Å². The van der Waals surface area contributed by atoms with Gasteiger partial charge in [0.1, 0.15) is 17.7 Å². The number of anilines is 1. The van der Waals surface area contributed by atoms with Crippen LogP contribution in [-0.2, 0) is 6.42 Å². The Hall–Kier alpha value is -2.63. The Labute approximate surface area is 122 Å². The summed E-state index contributed by atoms with van der Waals surface area (Å²) in [5.74, 6) is 1.33. The highest BCUT2D eigenvalue weighted by Gasteiger charge is 2.22. The monoisotopic (exact) mass is 284 g/mol. The first-order valence-corrected chi connectivity index (χ1v) is 6.80. The number of hydrogen-bond donors (Lipinski definition) is 2. The van der Waals surface area contributed by atoms with Crippen molar-refractivity contribution in [2.24, 2.45) is 0 Å². The van der Waals surface area contributed by atoms with Crippen molar-refractivity contribution in [2.45, 2.75) is 12.5 Å². The number of hydrogen-bond acceptors (Lipinski definition) is 5. The molecule has 1 unspecified atom stereocenters. The lowest BCUT2D eigenvalue weighted by molar-refractivity contribution is 0.0957. The molecule has 1 aromatic heterocycles. The number of carbonyl (C=O) groups is 1. The number of rotatable bonds is 4. The van der Waals surface area contributed by atoms with Gasteiger partial charge < -0.3 is 15.4 Å². The fraction of sp³-hybridized carbons (Fsp3) is 0.267. The van der Waals surface area contributed by atoms with E-state index < -0.39 is 0 Å². The van der Waals surface area contributed by atoms with E-state index >= 15 is 0 Å². The van der Waals surface area contributed by atoms with Crippen LogP contribution in [0.25, 0.3) is 0 Å². The summed E-state index contributed by atoms with van der Waals surface area (Å²) in [7, 11) is 1.56. The Balaban J connectivity index is 1.56. The maximum atomic E-state index is 11.4. The zero-order valence-corrected chi connectivity index (χ0v) is 11.7. The maximum Gasteiger partial charge on any atom is 0.271 e. The number of nitrogens with zero attached hydrogens (tertiary/aromatic N) is 2. The minimum atomic E-state index is -0.247. The predicted molar refractivity (Wildman–Crippen MR) is 78.5 cm³/mol. The molecule has 0 radical (unpaired) electrons. The van der Waals surface area contributed by atoms with Crippen LogP contribution in [0.15, 0.2) is 36.4 Å². The summed E-state index contributed by atoms with van der Waals surface area (Å²) < 4.78 is 5.83. The Kier molecular flexibility index (Phi) is 3.68. The van der Waals surface area contributed by atoms with E-state index in [1.807, 2.05) is 18.2 Å². The van der Waals surface area contributed by atoms with Crippen LogP contribution in [0, 0.1) is 0 Å². The molecule has 6 heteroatoms. The molecule has 1 aliphatic rings. The van der Waals surface area contributed by atoms with E-state index in [9.17, 15) is 4.79 Å². The van der Waals surface area contributed by atoms with Crippen LogP contribution in [0.5, 0.6) is 5.75 Å². The number of ether oxygens (including phenoxy) is 1. The van der Waals surface area contributed by atoms with E-state index in [1.165, 1.54) is 5.56 Å². The number of para-hydroxylation sites is 1. The third-order valence-corrected chi connectivity index (χ3v) is 3.35. The summed E-state index contributed by atoms with van der Waals surface area (Å²) in [5, 5.41) is 13.5. The molecule has 2 aromatic rings. The van der Waals surface area contributed by atoms with Crippen molar-refractivity contribution >= 4 is 11.7 Å². The number of amides is 1. The summed E-state index contributed by atoms with van der Waals surface area (Å²) >= 11 is 0. The zero-order chi connectivity index (χ0) is 14.7. The highest BCUT2D eigenvalue weighted by Crippen LogP contribution is 2.28. The highest BCUT2D eigenvalue weighted by molar-refractivity contribution is 5.91. The number of carbonyl (C=O) groups excluding carboxylic acids is 1. The molecule has 2 N–H and O–H groups in total. The molecule has 3 rings (SSSR count). The fourth-order valence-corrected chi connectivity index (χ4v) is 2.26. The van der Waals surface area contributed by atoms with Gasteiger partial charge in [-0.2, -0.15) is 0 Å². The molecular formula is C15H16N4O2. The zero-order valence-electron chi connectivity index (χ0n) is 11.7. The normalized spacial score (nSPS) is 16.0. The molecule has 0 saturated heterocycles. The summed E-state index contributed by atoms with van der Waals surface area (Å²) in [5.41, 5.74) is 1.53. The van der Waals surface area contributed by atoms with Crippen LogP contribution in [0.2, 0.25) is 0 Å². The van der Waals surface area contributed by atoms with Gasteiger partial charge in [0.2, 0.25) is 0 Å². The highest BCUT2D eigenvalue weighted by atomic mass is 16.5. The SMILES string of the molecule is CNC(=O)c1ccc(NCC2Cc3ccccc3O2)nn1. The average molecular weight is 284 g/mol. The summed E-state index contributed by atoms with van der Waals surface area (Å²) in [6, 6.07) is 11.4. The molecule has 0 bridgehead atoms. The maximum absolute atomic E-state index is 11.4. The van der Waals surface area contributed by atoms with Gasteiger partial charge in [0.25, 0.3) is 5.91 Å². The molecule has 0 aliphatic carbocycles. The Morgan fingerprint density at radius 2 is 2.14 bits per heavy atom. The van der Waals surface area contributed by atoms with Gasteiger partial charge in [-0.1, -0.05) is 18.2 Å². The predicted octanol–water partition coefficient (Wildman–Crippen LogP) is 1.25. The second-order valence-electron chi connectivity index (χ2n) is 4.82. The van der Waals surface area contributed by atoms with Crippen LogP contribution >= 0.6 is 0 Å². The first-order valence-electron chi connectivity index (χ1n) is 6.80. The lowest BCUT2D eigenvalue weighted by Gasteiger charge is -2.12. The molecular weight excluding hydrogens is 268 g/mol. The topological polar surface area (TPSA) is 76.1 Å². The minimum Gasteiger partial charge on any atom is -0.488 e. The first-order chi connectivity index (χ1) is 10.3. The average Bonchev–Trinajstić information content (AvgIpc) is 2.95. The van der Waals surface area contributed by atoms with Crippen molar-refractivity contribution in [3.8, 4) is 5.75 Å². The van der Waals surface area contributed by atoms with E-state index in [0.717, 1.165) is 12.2 Å². The number of nitrogens with one attached hydrogen (secondary N) is 2. The second-order valence-corrected chi connectivity index (χ2v) is 4.82. The van der Waals surface area contributed by atoms with Crippen molar-refractivity contribution in [3.63, 3.8) is 0 Å². The van der Waals surface area contributed by atoms with Crippen LogP contribution in [0.3, 0.4) is 0 Å². The van der Waals surface area contributed by atoms with Crippen LogP contribution in [0.1, 0.15) is 16.1 Å². The molecule has 0 fully saturated rings. The van der Waals surface area contributed by atoms with Gasteiger partial charge in [-0.3, -0.25) is 4.79 Å².